The third-order valence-corrected chi connectivity index (χ3v) is 5.83. The van der Waals surface area contributed by atoms with Crippen LogP contribution in [0.5, 0.6) is 0 Å². The predicted molar refractivity (Wildman–Crippen MR) is 97.8 cm³/mol. The van der Waals surface area contributed by atoms with Gasteiger partial charge in [-0.05, 0) is 50.2 Å². The van der Waals surface area contributed by atoms with Crippen molar-refractivity contribution < 1.29 is 4.79 Å². The van der Waals surface area contributed by atoms with Gasteiger partial charge in [-0.2, -0.15) is 5.10 Å². The first kappa shape index (κ1) is 16.9. The summed E-state index contributed by atoms with van der Waals surface area (Å²) in [5, 5.41) is 8.48. The minimum atomic E-state index is 0.000292. The van der Waals surface area contributed by atoms with Crippen molar-refractivity contribution in [2.24, 2.45) is 5.41 Å². The SMILES string of the molecule is Cc1ccc(N2CCC3(CCN(C(=O)c4cnccn4)CC3)CC2)nn1. The second-order valence-corrected chi connectivity index (χ2v) is 7.40. The van der Waals surface area contributed by atoms with Crippen LogP contribution in [0, 0.1) is 12.3 Å². The van der Waals surface area contributed by atoms with Crippen LogP contribution in [0.15, 0.2) is 30.7 Å². The Hall–Kier alpha value is -2.57. The number of amides is 1. The minimum absolute atomic E-state index is 0.000292. The van der Waals surface area contributed by atoms with E-state index in [1.807, 2.05) is 17.9 Å². The van der Waals surface area contributed by atoms with Gasteiger partial charge in [0, 0.05) is 38.6 Å². The molecule has 4 rings (SSSR count). The zero-order valence-electron chi connectivity index (χ0n) is 15.1. The average Bonchev–Trinajstić information content (AvgIpc) is 2.70. The van der Waals surface area contributed by atoms with E-state index < -0.39 is 0 Å². The maximum absolute atomic E-state index is 12.5. The summed E-state index contributed by atoms with van der Waals surface area (Å²) in [5.41, 5.74) is 1.74. The maximum atomic E-state index is 12.5. The Morgan fingerprint density at radius 2 is 1.73 bits per heavy atom. The minimum Gasteiger partial charge on any atom is -0.355 e. The van der Waals surface area contributed by atoms with Gasteiger partial charge in [0.05, 0.1) is 11.9 Å². The highest BCUT2D eigenvalue weighted by atomic mass is 16.2. The lowest BCUT2D eigenvalue weighted by Crippen LogP contribution is -2.48. The number of hydrogen-bond donors (Lipinski definition) is 0. The molecule has 0 radical (unpaired) electrons. The molecule has 0 atom stereocenters. The molecule has 2 saturated heterocycles. The van der Waals surface area contributed by atoms with Crippen LogP contribution in [-0.4, -0.2) is 57.2 Å². The third-order valence-electron chi connectivity index (χ3n) is 5.83. The highest BCUT2D eigenvalue weighted by Crippen LogP contribution is 2.42. The van der Waals surface area contributed by atoms with Gasteiger partial charge in [-0.25, -0.2) is 4.98 Å². The molecule has 0 saturated carbocycles. The van der Waals surface area contributed by atoms with Crippen molar-refractivity contribution in [1.82, 2.24) is 25.1 Å². The zero-order chi connectivity index (χ0) is 18.0. The summed E-state index contributed by atoms with van der Waals surface area (Å²) in [6.45, 7) is 5.59. The van der Waals surface area contributed by atoms with Crippen molar-refractivity contribution in [1.29, 1.82) is 0 Å². The van der Waals surface area contributed by atoms with Crippen molar-refractivity contribution in [3.05, 3.63) is 42.1 Å². The van der Waals surface area contributed by atoms with Crippen LogP contribution in [0.4, 0.5) is 5.82 Å². The van der Waals surface area contributed by atoms with Crippen LogP contribution < -0.4 is 4.90 Å². The van der Waals surface area contributed by atoms with Crippen LogP contribution in [0.2, 0.25) is 0 Å². The fraction of sp³-hybridized carbons (Fsp3) is 0.526. The number of likely N-dealkylation sites (tertiary alicyclic amines) is 1. The molecule has 26 heavy (non-hydrogen) atoms. The van der Waals surface area contributed by atoms with E-state index in [0.717, 1.165) is 63.4 Å². The summed E-state index contributed by atoms with van der Waals surface area (Å²) in [6, 6.07) is 4.08. The average molecular weight is 352 g/mol. The molecule has 4 heterocycles. The molecule has 7 heteroatoms. The molecule has 136 valence electrons. The Morgan fingerprint density at radius 3 is 2.35 bits per heavy atom. The lowest BCUT2D eigenvalue weighted by molar-refractivity contribution is 0.0509. The van der Waals surface area contributed by atoms with Crippen molar-refractivity contribution in [3.63, 3.8) is 0 Å². The summed E-state index contributed by atoms with van der Waals surface area (Å²) >= 11 is 0. The summed E-state index contributed by atoms with van der Waals surface area (Å²) in [7, 11) is 0. The first-order chi connectivity index (χ1) is 12.7. The Bertz CT molecular complexity index is 745. The molecule has 0 aromatic carbocycles. The van der Waals surface area contributed by atoms with Gasteiger partial charge in [0.2, 0.25) is 0 Å². The predicted octanol–water partition coefficient (Wildman–Crippen LogP) is 2.10. The molecular weight excluding hydrogens is 328 g/mol. The molecule has 1 amide bonds. The topological polar surface area (TPSA) is 75.1 Å². The van der Waals surface area contributed by atoms with Gasteiger partial charge in [-0.1, -0.05) is 0 Å². The van der Waals surface area contributed by atoms with Crippen molar-refractivity contribution in [2.75, 3.05) is 31.1 Å². The molecule has 2 aliphatic rings. The number of carbonyl (C=O) groups excluding carboxylic acids is 1. The molecule has 0 aliphatic carbocycles. The maximum Gasteiger partial charge on any atom is 0.274 e. The fourth-order valence-corrected chi connectivity index (χ4v) is 4.03. The standard InChI is InChI=1S/C19H24N6O/c1-15-2-3-17(23-22-15)24-10-4-19(5-11-24)6-12-25(13-7-19)18(26)16-14-20-8-9-21-16/h2-3,8-9,14H,4-7,10-13H2,1H3. The molecule has 2 aromatic heterocycles. The third kappa shape index (κ3) is 3.38. The number of piperidine rings is 2. The normalized spacial score (nSPS) is 19.6. The summed E-state index contributed by atoms with van der Waals surface area (Å²) < 4.78 is 0. The van der Waals surface area contributed by atoms with Gasteiger partial charge in [0.25, 0.3) is 5.91 Å². The van der Waals surface area contributed by atoms with Crippen LogP contribution >= 0.6 is 0 Å². The second kappa shape index (κ2) is 6.97. The van der Waals surface area contributed by atoms with Gasteiger partial charge in [-0.15, -0.1) is 5.10 Å². The fourth-order valence-electron chi connectivity index (χ4n) is 4.03. The van der Waals surface area contributed by atoms with Crippen LogP contribution in [-0.2, 0) is 0 Å². The molecule has 7 nitrogen and oxygen atoms in total. The Morgan fingerprint density at radius 1 is 1.00 bits per heavy atom. The van der Waals surface area contributed by atoms with E-state index in [-0.39, 0.29) is 5.91 Å². The number of rotatable bonds is 2. The molecule has 0 N–H and O–H groups in total. The van der Waals surface area contributed by atoms with Crippen LogP contribution in [0.25, 0.3) is 0 Å². The Labute approximate surface area is 153 Å². The number of nitrogens with zero attached hydrogens (tertiary/aromatic N) is 6. The van der Waals surface area contributed by atoms with E-state index in [4.69, 9.17) is 0 Å². The van der Waals surface area contributed by atoms with Gasteiger partial charge in [-0.3, -0.25) is 9.78 Å². The highest BCUT2D eigenvalue weighted by Gasteiger charge is 2.39. The van der Waals surface area contributed by atoms with Crippen molar-refractivity contribution in [2.45, 2.75) is 32.6 Å². The summed E-state index contributed by atoms with van der Waals surface area (Å²) in [6.07, 6.45) is 9.13. The van der Waals surface area contributed by atoms with Gasteiger partial charge < -0.3 is 9.80 Å². The zero-order valence-corrected chi connectivity index (χ0v) is 15.1. The quantitative estimate of drug-likeness (QED) is 0.824. The largest absolute Gasteiger partial charge is 0.355 e. The van der Waals surface area contributed by atoms with Crippen molar-refractivity contribution >= 4 is 11.7 Å². The molecular formula is C19H24N6O. The van der Waals surface area contributed by atoms with E-state index in [9.17, 15) is 4.79 Å². The Kier molecular flexibility index (Phi) is 4.53. The molecule has 2 aliphatic heterocycles. The molecule has 0 bridgehead atoms. The van der Waals surface area contributed by atoms with Crippen LogP contribution in [0.1, 0.15) is 41.9 Å². The lowest BCUT2D eigenvalue weighted by atomic mass is 9.71. The van der Waals surface area contributed by atoms with E-state index in [2.05, 4.69) is 31.1 Å². The van der Waals surface area contributed by atoms with E-state index >= 15 is 0 Å². The van der Waals surface area contributed by atoms with Gasteiger partial charge in [0.1, 0.15) is 5.69 Å². The van der Waals surface area contributed by atoms with E-state index in [1.165, 1.54) is 0 Å². The van der Waals surface area contributed by atoms with E-state index in [1.54, 1.807) is 18.6 Å². The molecule has 2 aromatic rings. The highest BCUT2D eigenvalue weighted by molar-refractivity contribution is 5.92. The van der Waals surface area contributed by atoms with Gasteiger partial charge in [0.15, 0.2) is 5.82 Å². The smallest absolute Gasteiger partial charge is 0.274 e. The summed E-state index contributed by atoms with van der Waals surface area (Å²) in [4.78, 5) is 24.9. The van der Waals surface area contributed by atoms with Crippen molar-refractivity contribution in [3.8, 4) is 0 Å². The Balaban J connectivity index is 1.33. The first-order valence-electron chi connectivity index (χ1n) is 9.26. The first-order valence-corrected chi connectivity index (χ1v) is 9.26. The number of aromatic nitrogens is 4. The number of aryl methyl sites for hydroxylation is 1. The van der Waals surface area contributed by atoms with Crippen LogP contribution in [0.3, 0.4) is 0 Å². The number of hydrogen-bond acceptors (Lipinski definition) is 6. The van der Waals surface area contributed by atoms with Gasteiger partial charge >= 0.3 is 0 Å². The summed E-state index contributed by atoms with van der Waals surface area (Å²) in [5.74, 6) is 0.973. The van der Waals surface area contributed by atoms with E-state index in [0.29, 0.717) is 11.1 Å². The number of anilines is 1. The molecule has 1 spiro atoms. The lowest BCUT2D eigenvalue weighted by Gasteiger charge is -2.47. The number of carbonyl (C=O) groups is 1. The molecule has 0 unspecified atom stereocenters. The monoisotopic (exact) mass is 352 g/mol. The second-order valence-electron chi connectivity index (χ2n) is 7.40. The molecule has 2 fully saturated rings.